The van der Waals surface area contributed by atoms with Gasteiger partial charge in [0.05, 0.1) is 0 Å². The summed E-state index contributed by atoms with van der Waals surface area (Å²) in [5.41, 5.74) is 4.26. The molecule has 2 N–H and O–H groups in total. The molecule has 1 aromatic heterocycles. The Bertz CT molecular complexity index is 934. The van der Waals surface area contributed by atoms with E-state index in [0.717, 1.165) is 17.1 Å². The summed E-state index contributed by atoms with van der Waals surface area (Å²) in [5.74, 6) is 0.741. The van der Waals surface area contributed by atoms with Gasteiger partial charge in [0.25, 0.3) is 5.91 Å². The van der Waals surface area contributed by atoms with Gasteiger partial charge in [-0.05, 0) is 47.9 Å². The maximum Gasteiger partial charge on any atom is 0.274 e. The Balaban J connectivity index is 1.68. The van der Waals surface area contributed by atoms with Crippen LogP contribution < -0.4 is 15.5 Å². The lowest BCUT2D eigenvalue weighted by molar-refractivity contribution is 0.102. The second kappa shape index (κ2) is 8.52. The van der Waals surface area contributed by atoms with Crippen molar-refractivity contribution in [2.45, 2.75) is 19.8 Å². The lowest BCUT2D eigenvalue weighted by atomic mass is 10.0. The van der Waals surface area contributed by atoms with Crippen molar-refractivity contribution in [2.24, 2.45) is 0 Å². The number of nitrogens with zero attached hydrogens (tertiary/aromatic N) is 3. The average Bonchev–Trinajstić information content (AvgIpc) is 2.69. The van der Waals surface area contributed by atoms with Crippen molar-refractivity contribution in [3.05, 3.63) is 72.2 Å². The average molecular weight is 375 g/mol. The molecule has 0 radical (unpaired) electrons. The summed E-state index contributed by atoms with van der Waals surface area (Å²) >= 11 is 0. The van der Waals surface area contributed by atoms with Crippen molar-refractivity contribution in [3.8, 4) is 0 Å². The van der Waals surface area contributed by atoms with Gasteiger partial charge < -0.3 is 15.5 Å². The molecule has 3 rings (SSSR count). The molecule has 0 aliphatic rings. The number of carbonyl (C=O) groups excluding carboxylic acids is 1. The van der Waals surface area contributed by atoms with Crippen LogP contribution in [0.25, 0.3) is 0 Å². The third-order valence-corrected chi connectivity index (χ3v) is 4.39. The third kappa shape index (κ3) is 4.85. The summed E-state index contributed by atoms with van der Waals surface area (Å²) in [7, 11) is 3.99. The summed E-state index contributed by atoms with van der Waals surface area (Å²) in [6.07, 6.45) is 1.38. The molecule has 1 heterocycles. The van der Waals surface area contributed by atoms with Crippen LogP contribution in [0.2, 0.25) is 0 Å². The minimum atomic E-state index is -0.272. The van der Waals surface area contributed by atoms with Gasteiger partial charge in [-0.3, -0.25) is 4.79 Å². The normalized spacial score (nSPS) is 10.6. The van der Waals surface area contributed by atoms with Crippen molar-refractivity contribution in [3.63, 3.8) is 0 Å². The Morgan fingerprint density at radius 2 is 1.57 bits per heavy atom. The van der Waals surface area contributed by atoms with Crippen LogP contribution in [0.5, 0.6) is 0 Å². The van der Waals surface area contributed by atoms with Crippen LogP contribution in [-0.2, 0) is 0 Å². The molecule has 0 fully saturated rings. The van der Waals surface area contributed by atoms with Crippen LogP contribution in [0, 0.1) is 0 Å². The van der Waals surface area contributed by atoms with Crippen molar-refractivity contribution in [2.75, 3.05) is 29.6 Å². The maximum absolute atomic E-state index is 12.5. The van der Waals surface area contributed by atoms with Crippen molar-refractivity contribution in [1.29, 1.82) is 0 Å². The van der Waals surface area contributed by atoms with E-state index in [9.17, 15) is 4.79 Å². The minimum Gasteiger partial charge on any atom is -0.378 e. The van der Waals surface area contributed by atoms with E-state index in [0.29, 0.717) is 17.4 Å². The van der Waals surface area contributed by atoms with Crippen LogP contribution in [0.4, 0.5) is 22.9 Å². The van der Waals surface area contributed by atoms with Crippen molar-refractivity contribution >= 4 is 28.8 Å². The summed E-state index contributed by atoms with van der Waals surface area (Å²) in [4.78, 5) is 22.8. The van der Waals surface area contributed by atoms with Gasteiger partial charge in [0.15, 0.2) is 0 Å². The largest absolute Gasteiger partial charge is 0.378 e. The first kappa shape index (κ1) is 19.4. The topological polar surface area (TPSA) is 70.2 Å². The molecule has 28 heavy (non-hydrogen) atoms. The Morgan fingerprint density at radius 3 is 2.18 bits per heavy atom. The van der Waals surface area contributed by atoms with Crippen LogP contribution in [0.1, 0.15) is 35.8 Å². The Labute approximate surface area is 165 Å². The van der Waals surface area contributed by atoms with Gasteiger partial charge in [0.2, 0.25) is 0 Å². The summed E-state index contributed by atoms with van der Waals surface area (Å²) in [6.45, 7) is 4.27. The molecule has 6 nitrogen and oxygen atoms in total. The molecule has 6 heteroatoms. The third-order valence-electron chi connectivity index (χ3n) is 4.39. The number of anilines is 4. The van der Waals surface area contributed by atoms with E-state index in [4.69, 9.17) is 0 Å². The first-order valence-corrected chi connectivity index (χ1v) is 9.20. The first-order chi connectivity index (χ1) is 13.4. The predicted molar refractivity (Wildman–Crippen MR) is 115 cm³/mol. The highest BCUT2D eigenvalue weighted by Crippen LogP contribution is 2.20. The number of carbonyl (C=O) groups is 1. The number of hydrogen-bond acceptors (Lipinski definition) is 5. The zero-order valence-electron chi connectivity index (χ0n) is 16.6. The summed E-state index contributed by atoms with van der Waals surface area (Å²) in [6, 6.07) is 17.4. The van der Waals surface area contributed by atoms with Crippen molar-refractivity contribution in [1.82, 2.24) is 9.97 Å². The van der Waals surface area contributed by atoms with E-state index in [2.05, 4.69) is 34.4 Å². The highest BCUT2D eigenvalue weighted by molar-refractivity contribution is 6.03. The summed E-state index contributed by atoms with van der Waals surface area (Å²) in [5, 5.41) is 6.07. The molecule has 1 amide bonds. The molecule has 2 aromatic carbocycles. The number of hydrogen-bond donors (Lipinski definition) is 2. The lowest BCUT2D eigenvalue weighted by Crippen LogP contribution is -2.14. The Morgan fingerprint density at radius 1 is 0.929 bits per heavy atom. The van der Waals surface area contributed by atoms with E-state index in [1.54, 1.807) is 6.07 Å². The zero-order valence-corrected chi connectivity index (χ0v) is 16.6. The fraction of sp³-hybridized carbons (Fsp3) is 0.227. The highest BCUT2D eigenvalue weighted by atomic mass is 16.1. The molecular weight excluding hydrogens is 350 g/mol. The fourth-order valence-corrected chi connectivity index (χ4v) is 2.69. The molecule has 0 saturated carbocycles. The molecule has 0 atom stereocenters. The molecule has 0 spiro atoms. The monoisotopic (exact) mass is 375 g/mol. The smallest absolute Gasteiger partial charge is 0.274 e. The van der Waals surface area contributed by atoms with E-state index in [-0.39, 0.29) is 5.91 Å². The van der Waals surface area contributed by atoms with E-state index < -0.39 is 0 Å². The molecular formula is C22H25N5O. The van der Waals surface area contributed by atoms with Crippen LogP contribution in [-0.4, -0.2) is 30.0 Å². The minimum absolute atomic E-state index is 0.272. The number of nitrogens with one attached hydrogen (secondary N) is 2. The molecule has 3 aromatic rings. The van der Waals surface area contributed by atoms with Gasteiger partial charge in [-0.1, -0.05) is 26.0 Å². The second-order valence-corrected chi connectivity index (χ2v) is 7.09. The van der Waals surface area contributed by atoms with Crippen LogP contribution in [0.15, 0.2) is 60.9 Å². The van der Waals surface area contributed by atoms with Crippen LogP contribution in [0.3, 0.4) is 0 Å². The van der Waals surface area contributed by atoms with Gasteiger partial charge in [0.1, 0.15) is 17.8 Å². The highest BCUT2D eigenvalue weighted by Gasteiger charge is 2.10. The number of amides is 1. The Kier molecular flexibility index (Phi) is 5.89. The first-order valence-electron chi connectivity index (χ1n) is 9.20. The number of rotatable bonds is 6. The maximum atomic E-state index is 12.5. The number of benzene rings is 2. The van der Waals surface area contributed by atoms with Gasteiger partial charge in [-0.25, -0.2) is 9.97 Å². The molecule has 0 bridgehead atoms. The van der Waals surface area contributed by atoms with Gasteiger partial charge in [-0.2, -0.15) is 0 Å². The molecule has 0 unspecified atom stereocenters. The van der Waals surface area contributed by atoms with Gasteiger partial charge >= 0.3 is 0 Å². The predicted octanol–water partition coefficient (Wildman–Crippen LogP) is 4.66. The second-order valence-electron chi connectivity index (χ2n) is 7.09. The van der Waals surface area contributed by atoms with Crippen molar-refractivity contribution < 1.29 is 4.79 Å². The van der Waals surface area contributed by atoms with Crippen LogP contribution >= 0.6 is 0 Å². The molecule has 0 saturated heterocycles. The number of aromatic nitrogens is 2. The molecule has 0 aliphatic heterocycles. The Hall–Kier alpha value is -3.41. The zero-order chi connectivity index (χ0) is 20.1. The van der Waals surface area contributed by atoms with E-state index >= 15 is 0 Å². The summed E-state index contributed by atoms with van der Waals surface area (Å²) < 4.78 is 0. The van der Waals surface area contributed by atoms with E-state index in [1.807, 2.05) is 67.5 Å². The molecule has 144 valence electrons. The van der Waals surface area contributed by atoms with Gasteiger partial charge in [0, 0.05) is 37.2 Å². The van der Waals surface area contributed by atoms with Gasteiger partial charge in [-0.15, -0.1) is 0 Å². The standard InChI is InChI=1S/C22H25N5O/c1-15(2)16-5-7-18(8-6-16)26-22(28)20-13-21(24-14-23-20)25-17-9-11-19(12-10-17)27(3)4/h5-15H,1-4H3,(H,26,28)(H,23,24,25). The SMILES string of the molecule is CC(C)c1ccc(NC(=O)c2cc(Nc3ccc(N(C)C)cc3)ncn2)cc1. The fourth-order valence-electron chi connectivity index (χ4n) is 2.69. The van der Waals surface area contributed by atoms with E-state index in [1.165, 1.54) is 11.9 Å². The quantitative estimate of drug-likeness (QED) is 0.656. The molecule has 0 aliphatic carbocycles. The lowest BCUT2D eigenvalue weighted by Gasteiger charge is -2.13.